The van der Waals surface area contributed by atoms with Crippen molar-refractivity contribution < 1.29 is 9.90 Å². The fourth-order valence-electron chi connectivity index (χ4n) is 1.80. The van der Waals surface area contributed by atoms with E-state index in [1.54, 1.807) is 0 Å². The Morgan fingerprint density at radius 2 is 2.31 bits per heavy atom. The van der Waals surface area contributed by atoms with Crippen LogP contribution in [0, 0.1) is 5.92 Å². The number of hydrogen-bond donors (Lipinski definition) is 2. The van der Waals surface area contributed by atoms with Crippen LogP contribution >= 0.6 is 24.8 Å². The maximum atomic E-state index is 10.8. The molecule has 0 amide bonds. The van der Waals surface area contributed by atoms with Crippen LogP contribution in [0.2, 0.25) is 0 Å². The van der Waals surface area contributed by atoms with E-state index in [2.05, 4.69) is 4.98 Å². The van der Waals surface area contributed by atoms with Crippen LogP contribution in [0.5, 0.6) is 0 Å². The summed E-state index contributed by atoms with van der Waals surface area (Å²) in [4.78, 5) is 15.1. The van der Waals surface area contributed by atoms with Gasteiger partial charge in [-0.1, -0.05) is 0 Å². The van der Waals surface area contributed by atoms with E-state index < -0.39 is 5.97 Å². The highest BCUT2D eigenvalue weighted by atomic mass is 35.5. The molecule has 2 heterocycles. The van der Waals surface area contributed by atoms with Gasteiger partial charge in [0.1, 0.15) is 5.82 Å². The number of imidazole rings is 1. The molecule has 0 aliphatic carbocycles. The van der Waals surface area contributed by atoms with Gasteiger partial charge < -0.3 is 15.4 Å². The molecule has 0 radical (unpaired) electrons. The minimum absolute atomic E-state index is 0. The molecule has 92 valence electrons. The van der Waals surface area contributed by atoms with Crippen molar-refractivity contribution >= 4 is 30.8 Å². The third-order valence-electron chi connectivity index (χ3n) is 2.61. The highest BCUT2D eigenvalue weighted by Crippen LogP contribution is 2.20. The molecule has 1 aromatic rings. The van der Waals surface area contributed by atoms with Crippen molar-refractivity contribution in [2.45, 2.75) is 25.9 Å². The third-order valence-corrected chi connectivity index (χ3v) is 2.61. The van der Waals surface area contributed by atoms with E-state index >= 15 is 0 Å². The van der Waals surface area contributed by atoms with Crippen LogP contribution in [0.3, 0.4) is 0 Å². The van der Waals surface area contributed by atoms with Crippen molar-refractivity contribution in [3.63, 3.8) is 0 Å². The summed E-state index contributed by atoms with van der Waals surface area (Å²) in [5, 5.41) is 8.87. The standard InChI is InChI=1S/C9H13N3O2.2ClH/c10-4-7-5-12-2-1-6(9(13)14)3-8(12)11-7;;/h5-6H,1-4,10H2,(H,13,14);2*1H. The predicted molar refractivity (Wildman–Crippen MR) is 64.1 cm³/mol. The van der Waals surface area contributed by atoms with Gasteiger partial charge in [-0.2, -0.15) is 0 Å². The lowest BCUT2D eigenvalue weighted by Crippen LogP contribution is -2.25. The number of carbonyl (C=O) groups is 1. The second-order valence-corrected chi connectivity index (χ2v) is 3.57. The lowest BCUT2D eigenvalue weighted by molar-refractivity contribution is -0.142. The topological polar surface area (TPSA) is 81.1 Å². The van der Waals surface area contributed by atoms with Gasteiger partial charge in [0.05, 0.1) is 11.6 Å². The first-order valence-electron chi connectivity index (χ1n) is 4.68. The molecule has 1 aromatic heterocycles. The SMILES string of the molecule is Cl.Cl.NCc1cn2c(n1)CC(C(=O)O)CC2. The van der Waals surface area contributed by atoms with Crippen molar-refractivity contribution in [1.82, 2.24) is 9.55 Å². The number of hydrogen-bond acceptors (Lipinski definition) is 3. The number of nitrogens with two attached hydrogens (primary N) is 1. The zero-order chi connectivity index (χ0) is 10.1. The Balaban J connectivity index is 0.00000112. The summed E-state index contributed by atoms with van der Waals surface area (Å²) in [6, 6.07) is 0. The molecule has 1 aliphatic rings. The fourth-order valence-corrected chi connectivity index (χ4v) is 1.80. The highest BCUT2D eigenvalue weighted by molar-refractivity contribution is 5.85. The van der Waals surface area contributed by atoms with Crippen LogP contribution < -0.4 is 5.73 Å². The molecule has 0 saturated carbocycles. The number of carboxylic acids is 1. The van der Waals surface area contributed by atoms with Crippen LogP contribution in [-0.2, 0) is 24.3 Å². The molecule has 1 unspecified atom stereocenters. The number of carboxylic acid groups (broad SMARTS) is 1. The maximum absolute atomic E-state index is 10.8. The number of aliphatic carboxylic acids is 1. The minimum Gasteiger partial charge on any atom is -0.481 e. The van der Waals surface area contributed by atoms with Crippen molar-refractivity contribution in [3.8, 4) is 0 Å². The van der Waals surface area contributed by atoms with Crippen LogP contribution in [0.1, 0.15) is 17.9 Å². The fraction of sp³-hybridized carbons (Fsp3) is 0.556. The predicted octanol–water partition coefficient (Wildman–Crippen LogP) is 0.832. The van der Waals surface area contributed by atoms with E-state index in [0.717, 1.165) is 18.1 Å². The summed E-state index contributed by atoms with van der Waals surface area (Å²) in [5.41, 5.74) is 6.30. The Morgan fingerprint density at radius 1 is 1.62 bits per heavy atom. The smallest absolute Gasteiger partial charge is 0.307 e. The van der Waals surface area contributed by atoms with Gasteiger partial charge in [0.15, 0.2) is 0 Å². The lowest BCUT2D eigenvalue weighted by atomic mass is 9.98. The van der Waals surface area contributed by atoms with Gasteiger partial charge in [-0.15, -0.1) is 24.8 Å². The van der Waals surface area contributed by atoms with E-state index in [-0.39, 0.29) is 30.7 Å². The average molecular weight is 268 g/mol. The Bertz CT molecular complexity index is 368. The summed E-state index contributed by atoms with van der Waals surface area (Å²) in [6.07, 6.45) is 3.12. The van der Waals surface area contributed by atoms with Crippen molar-refractivity contribution in [2.75, 3.05) is 0 Å². The lowest BCUT2D eigenvalue weighted by Gasteiger charge is -2.19. The first-order valence-corrected chi connectivity index (χ1v) is 4.68. The number of rotatable bonds is 2. The van der Waals surface area contributed by atoms with Gasteiger partial charge in [0.25, 0.3) is 0 Å². The van der Waals surface area contributed by atoms with E-state index in [1.165, 1.54) is 0 Å². The summed E-state index contributed by atoms with van der Waals surface area (Å²) in [5.74, 6) is -0.159. The number of halogens is 2. The Morgan fingerprint density at radius 3 is 2.88 bits per heavy atom. The molecule has 0 bridgehead atoms. The van der Waals surface area contributed by atoms with E-state index in [1.807, 2.05) is 10.8 Å². The Hall–Kier alpha value is -0.780. The molecule has 16 heavy (non-hydrogen) atoms. The number of aromatic nitrogens is 2. The number of fused-ring (bicyclic) bond motifs is 1. The second-order valence-electron chi connectivity index (χ2n) is 3.57. The Kier molecular flexibility index (Phi) is 5.78. The zero-order valence-electron chi connectivity index (χ0n) is 8.63. The van der Waals surface area contributed by atoms with Crippen molar-refractivity contribution in [2.24, 2.45) is 11.7 Å². The summed E-state index contributed by atoms with van der Waals surface area (Å²) in [7, 11) is 0. The molecule has 0 spiro atoms. The average Bonchev–Trinajstić information content (AvgIpc) is 2.58. The van der Waals surface area contributed by atoms with Crippen LogP contribution in [0.25, 0.3) is 0 Å². The number of nitrogens with zero attached hydrogens (tertiary/aromatic N) is 2. The molecule has 3 N–H and O–H groups in total. The molecule has 0 fully saturated rings. The molecule has 0 aromatic carbocycles. The maximum Gasteiger partial charge on any atom is 0.307 e. The monoisotopic (exact) mass is 267 g/mol. The van der Waals surface area contributed by atoms with Crippen LogP contribution in [-0.4, -0.2) is 20.6 Å². The molecule has 1 aliphatic heterocycles. The zero-order valence-corrected chi connectivity index (χ0v) is 10.3. The largest absolute Gasteiger partial charge is 0.481 e. The summed E-state index contributed by atoms with van der Waals surface area (Å²) >= 11 is 0. The van der Waals surface area contributed by atoms with Gasteiger partial charge in [-0.05, 0) is 6.42 Å². The van der Waals surface area contributed by atoms with Crippen molar-refractivity contribution in [3.05, 3.63) is 17.7 Å². The van der Waals surface area contributed by atoms with Gasteiger partial charge in [-0.25, -0.2) is 4.98 Å². The summed E-state index contributed by atoms with van der Waals surface area (Å²) < 4.78 is 2.00. The minimum atomic E-state index is -0.728. The molecular weight excluding hydrogens is 253 g/mol. The highest BCUT2D eigenvalue weighted by Gasteiger charge is 2.25. The van der Waals surface area contributed by atoms with Crippen LogP contribution in [0.4, 0.5) is 0 Å². The van der Waals surface area contributed by atoms with Gasteiger partial charge >= 0.3 is 5.97 Å². The van der Waals surface area contributed by atoms with Gasteiger partial charge in [-0.3, -0.25) is 4.79 Å². The first-order chi connectivity index (χ1) is 6.70. The van der Waals surface area contributed by atoms with E-state index in [9.17, 15) is 4.79 Å². The number of aryl methyl sites for hydroxylation is 1. The normalized spacial score (nSPS) is 17.9. The molecule has 0 saturated heterocycles. The Labute approximate surface area is 106 Å². The third kappa shape index (κ3) is 2.87. The van der Waals surface area contributed by atoms with E-state index in [4.69, 9.17) is 10.8 Å². The molecule has 2 rings (SSSR count). The first kappa shape index (κ1) is 15.2. The van der Waals surface area contributed by atoms with Gasteiger partial charge in [0, 0.05) is 25.7 Å². The van der Waals surface area contributed by atoms with Crippen molar-refractivity contribution in [1.29, 1.82) is 0 Å². The molecule has 5 nitrogen and oxygen atoms in total. The van der Waals surface area contributed by atoms with Gasteiger partial charge in [0.2, 0.25) is 0 Å². The van der Waals surface area contributed by atoms with E-state index in [0.29, 0.717) is 19.4 Å². The molecular formula is C9H15Cl2N3O2. The quantitative estimate of drug-likeness (QED) is 0.832. The summed E-state index contributed by atoms with van der Waals surface area (Å²) in [6.45, 7) is 1.15. The second kappa shape index (κ2) is 6.08. The molecule has 1 atom stereocenters. The molecule has 7 heteroatoms. The van der Waals surface area contributed by atoms with Crippen LogP contribution in [0.15, 0.2) is 6.20 Å².